The summed E-state index contributed by atoms with van der Waals surface area (Å²) in [5.41, 5.74) is 1.93. The van der Waals surface area contributed by atoms with Crippen LogP contribution in [0.25, 0.3) is 0 Å². The number of fused-ring (bicyclic) bond motifs is 1. The summed E-state index contributed by atoms with van der Waals surface area (Å²) in [5, 5.41) is 16.7. The highest BCUT2D eigenvalue weighted by Gasteiger charge is 2.28. The zero-order valence-electron chi connectivity index (χ0n) is 15.9. The van der Waals surface area contributed by atoms with Crippen molar-refractivity contribution < 1.29 is 23.7 Å². The largest absolute Gasteiger partial charge is 0.497 e. The SMILES string of the molecule is COc1ccc(NC(=O)c2c(NC(=O)c3ccc([N+](=O)[O-])o3)sc3c2CCC3)cc1. The summed E-state index contributed by atoms with van der Waals surface area (Å²) in [6.07, 6.45) is 2.53. The lowest BCUT2D eigenvalue weighted by Crippen LogP contribution is -2.17. The highest BCUT2D eigenvalue weighted by atomic mass is 32.1. The van der Waals surface area contributed by atoms with Crippen LogP contribution in [0.1, 0.15) is 37.8 Å². The fourth-order valence-corrected chi connectivity index (χ4v) is 4.59. The van der Waals surface area contributed by atoms with Crippen LogP contribution in [-0.2, 0) is 12.8 Å². The minimum Gasteiger partial charge on any atom is -0.497 e. The predicted octanol–water partition coefficient (Wildman–Crippen LogP) is 4.25. The van der Waals surface area contributed by atoms with Gasteiger partial charge in [0.05, 0.1) is 18.7 Å². The monoisotopic (exact) mass is 427 g/mol. The first-order valence-corrected chi connectivity index (χ1v) is 9.93. The van der Waals surface area contributed by atoms with Gasteiger partial charge in [-0.3, -0.25) is 19.7 Å². The minimum absolute atomic E-state index is 0.197. The molecule has 0 saturated heterocycles. The molecule has 1 aliphatic carbocycles. The number of carbonyl (C=O) groups excluding carboxylic acids is 2. The van der Waals surface area contributed by atoms with Crippen molar-refractivity contribution in [2.45, 2.75) is 19.3 Å². The van der Waals surface area contributed by atoms with Crippen LogP contribution in [0.2, 0.25) is 0 Å². The normalized spacial score (nSPS) is 12.3. The molecule has 0 unspecified atom stereocenters. The number of nitrogens with one attached hydrogen (secondary N) is 2. The number of nitro groups is 1. The quantitative estimate of drug-likeness (QED) is 0.448. The van der Waals surface area contributed by atoms with Crippen LogP contribution < -0.4 is 15.4 Å². The third-order valence-electron chi connectivity index (χ3n) is 4.72. The summed E-state index contributed by atoms with van der Waals surface area (Å²) >= 11 is 1.34. The van der Waals surface area contributed by atoms with E-state index in [1.807, 2.05) is 0 Å². The maximum atomic E-state index is 13.0. The number of methoxy groups -OCH3 is 1. The number of ether oxygens (including phenoxy) is 1. The van der Waals surface area contributed by atoms with E-state index in [2.05, 4.69) is 10.6 Å². The van der Waals surface area contributed by atoms with Crippen LogP contribution in [0, 0.1) is 10.1 Å². The number of amides is 2. The van der Waals surface area contributed by atoms with Crippen LogP contribution in [-0.4, -0.2) is 23.8 Å². The third-order valence-corrected chi connectivity index (χ3v) is 5.93. The molecule has 10 heteroatoms. The lowest BCUT2D eigenvalue weighted by molar-refractivity contribution is -0.402. The van der Waals surface area contributed by atoms with Gasteiger partial charge in [-0.1, -0.05) is 0 Å². The summed E-state index contributed by atoms with van der Waals surface area (Å²) in [5.74, 6) is -1.03. The van der Waals surface area contributed by atoms with E-state index in [0.29, 0.717) is 22.0 Å². The van der Waals surface area contributed by atoms with Gasteiger partial charge < -0.3 is 19.8 Å². The van der Waals surface area contributed by atoms with Crippen LogP contribution in [0.15, 0.2) is 40.8 Å². The van der Waals surface area contributed by atoms with Crippen LogP contribution >= 0.6 is 11.3 Å². The number of carbonyl (C=O) groups is 2. The molecular weight excluding hydrogens is 410 g/mol. The Kier molecular flexibility index (Phi) is 5.23. The molecule has 0 aliphatic heterocycles. The molecule has 0 spiro atoms. The molecule has 4 rings (SSSR count). The Bertz CT molecular complexity index is 1130. The second kappa shape index (κ2) is 7.99. The number of hydrogen-bond donors (Lipinski definition) is 2. The molecule has 2 N–H and O–H groups in total. The molecule has 1 aliphatic rings. The first kappa shape index (κ1) is 19.6. The average molecular weight is 427 g/mol. The zero-order chi connectivity index (χ0) is 21.3. The van der Waals surface area contributed by atoms with E-state index < -0.39 is 16.7 Å². The van der Waals surface area contributed by atoms with Gasteiger partial charge >= 0.3 is 5.88 Å². The molecule has 0 fully saturated rings. The van der Waals surface area contributed by atoms with Gasteiger partial charge in [0.1, 0.15) is 15.7 Å². The van der Waals surface area contributed by atoms with Gasteiger partial charge in [-0.15, -0.1) is 11.3 Å². The number of anilines is 2. The molecule has 154 valence electrons. The lowest BCUT2D eigenvalue weighted by Gasteiger charge is -2.09. The lowest BCUT2D eigenvalue weighted by atomic mass is 10.1. The predicted molar refractivity (Wildman–Crippen MR) is 111 cm³/mol. The maximum absolute atomic E-state index is 13.0. The summed E-state index contributed by atoms with van der Waals surface area (Å²) in [4.78, 5) is 36.6. The fraction of sp³-hybridized carbons (Fsp3) is 0.200. The molecule has 9 nitrogen and oxygen atoms in total. The van der Waals surface area contributed by atoms with Crippen molar-refractivity contribution in [1.82, 2.24) is 0 Å². The first-order chi connectivity index (χ1) is 14.5. The van der Waals surface area contributed by atoms with Gasteiger partial charge in [0.2, 0.25) is 0 Å². The third kappa shape index (κ3) is 3.77. The van der Waals surface area contributed by atoms with Gasteiger partial charge in [-0.25, -0.2) is 0 Å². The summed E-state index contributed by atoms with van der Waals surface area (Å²) in [6, 6.07) is 9.26. The van der Waals surface area contributed by atoms with Crippen molar-refractivity contribution in [1.29, 1.82) is 0 Å². The van der Waals surface area contributed by atoms with Gasteiger partial charge in [0, 0.05) is 10.6 Å². The Hall–Kier alpha value is -3.66. The van der Waals surface area contributed by atoms with Crippen molar-refractivity contribution >= 4 is 39.7 Å². The smallest absolute Gasteiger partial charge is 0.433 e. The fourth-order valence-electron chi connectivity index (χ4n) is 3.31. The van der Waals surface area contributed by atoms with Crippen molar-refractivity contribution in [3.63, 3.8) is 0 Å². The standard InChI is InChI=1S/C20H17N3O6S/c1-28-12-7-5-11(6-8-12)21-19(25)17-13-3-2-4-15(13)30-20(17)22-18(24)14-9-10-16(29-14)23(26)27/h5-10H,2-4H2,1H3,(H,21,25)(H,22,24). The number of furan rings is 1. The van der Waals surface area contributed by atoms with Crippen molar-refractivity contribution in [3.05, 3.63) is 68.3 Å². The van der Waals surface area contributed by atoms with Crippen LogP contribution in [0.5, 0.6) is 5.75 Å². The van der Waals surface area contributed by atoms with Crippen LogP contribution in [0.3, 0.4) is 0 Å². The minimum atomic E-state index is -0.718. The highest BCUT2D eigenvalue weighted by Crippen LogP contribution is 2.39. The number of nitrogens with zero attached hydrogens (tertiary/aromatic N) is 1. The van der Waals surface area contributed by atoms with Crippen LogP contribution in [0.4, 0.5) is 16.6 Å². The van der Waals surface area contributed by atoms with Gasteiger partial charge in [-0.2, -0.15) is 0 Å². The first-order valence-electron chi connectivity index (χ1n) is 9.12. The van der Waals surface area contributed by atoms with Gasteiger partial charge in [0.15, 0.2) is 5.76 Å². The Morgan fingerprint density at radius 1 is 1.10 bits per heavy atom. The van der Waals surface area contributed by atoms with E-state index in [9.17, 15) is 19.7 Å². The molecule has 0 saturated carbocycles. The van der Waals surface area contributed by atoms with E-state index in [0.717, 1.165) is 35.8 Å². The maximum Gasteiger partial charge on any atom is 0.433 e. The molecule has 2 heterocycles. The summed E-state index contributed by atoms with van der Waals surface area (Å²) in [6.45, 7) is 0. The Balaban J connectivity index is 1.58. The second-order valence-corrected chi connectivity index (χ2v) is 7.70. The van der Waals surface area contributed by atoms with E-state index >= 15 is 0 Å². The highest BCUT2D eigenvalue weighted by molar-refractivity contribution is 7.17. The molecule has 30 heavy (non-hydrogen) atoms. The zero-order valence-corrected chi connectivity index (χ0v) is 16.7. The number of aryl methyl sites for hydroxylation is 1. The van der Waals surface area contributed by atoms with E-state index in [1.165, 1.54) is 17.4 Å². The van der Waals surface area contributed by atoms with Gasteiger partial charge in [0.25, 0.3) is 11.8 Å². The number of hydrogen-bond acceptors (Lipinski definition) is 7. The molecular formula is C20H17N3O6S. The molecule has 2 amide bonds. The van der Waals surface area contributed by atoms with Crippen molar-refractivity contribution in [3.8, 4) is 5.75 Å². The number of benzene rings is 1. The Labute approximate surface area is 174 Å². The van der Waals surface area contributed by atoms with E-state index in [1.54, 1.807) is 31.4 Å². The molecule has 0 radical (unpaired) electrons. The Morgan fingerprint density at radius 2 is 1.87 bits per heavy atom. The molecule has 0 bridgehead atoms. The topological polar surface area (TPSA) is 124 Å². The summed E-state index contributed by atoms with van der Waals surface area (Å²) < 4.78 is 10.1. The molecule has 2 aromatic heterocycles. The second-order valence-electron chi connectivity index (χ2n) is 6.59. The number of thiophene rings is 1. The van der Waals surface area contributed by atoms with E-state index in [4.69, 9.17) is 9.15 Å². The molecule has 1 aromatic carbocycles. The summed E-state index contributed by atoms with van der Waals surface area (Å²) in [7, 11) is 1.56. The molecule has 0 atom stereocenters. The Morgan fingerprint density at radius 3 is 2.53 bits per heavy atom. The van der Waals surface area contributed by atoms with Gasteiger partial charge in [-0.05, 0) is 55.2 Å². The van der Waals surface area contributed by atoms with Crippen molar-refractivity contribution in [2.75, 3.05) is 17.7 Å². The van der Waals surface area contributed by atoms with E-state index in [-0.39, 0.29) is 11.7 Å². The average Bonchev–Trinajstić information content (AvgIpc) is 3.44. The van der Waals surface area contributed by atoms with Crippen molar-refractivity contribution in [2.24, 2.45) is 0 Å². The molecule has 3 aromatic rings. The number of rotatable bonds is 6.